The van der Waals surface area contributed by atoms with Crippen molar-refractivity contribution in [3.8, 4) is 0 Å². The normalized spacial score (nSPS) is 52.7. The first-order chi connectivity index (χ1) is 10.9. The third-order valence-electron chi connectivity index (χ3n) is 8.98. The van der Waals surface area contributed by atoms with Gasteiger partial charge in [0.05, 0.1) is 0 Å². The van der Waals surface area contributed by atoms with Crippen molar-refractivity contribution < 1.29 is 9.59 Å². The van der Waals surface area contributed by atoms with Crippen LogP contribution in [0.1, 0.15) is 78.6 Å². The average molecular weight is 316 g/mol. The molecule has 23 heavy (non-hydrogen) atoms. The molecule has 0 heterocycles. The summed E-state index contributed by atoms with van der Waals surface area (Å²) in [6.07, 6.45) is 9.54. The number of fused-ring (bicyclic) bond motifs is 5. The first kappa shape index (κ1) is 15.8. The van der Waals surface area contributed by atoms with Crippen LogP contribution in [0.4, 0.5) is 0 Å². The van der Waals surface area contributed by atoms with Crippen molar-refractivity contribution in [1.29, 1.82) is 0 Å². The Hall–Kier alpha value is -0.660. The maximum Gasteiger partial charge on any atom is 0.136 e. The Balaban J connectivity index is 1.68. The van der Waals surface area contributed by atoms with Gasteiger partial charge in [-0.2, -0.15) is 0 Å². The lowest BCUT2D eigenvalue weighted by Crippen LogP contribution is -2.56. The van der Waals surface area contributed by atoms with Crippen LogP contribution in [0.25, 0.3) is 0 Å². The second-order valence-corrected chi connectivity index (χ2v) is 9.58. The first-order valence-corrected chi connectivity index (χ1v) is 9.94. The zero-order valence-corrected chi connectivity index (χ0v) is 15.1. The number of rotatable bonds is 1. The molecule has 0 spiro atoms. The van der Waals surface area contributed by atoms with Gasteiger partial charge in [-0.05, 0) is 66.6 Å². The van der Waals surface area contributed by atoms with Crippen LogP contribution in [0, 0.1) is 40.4 Å². The molecule has 4 aliphatic carbocycles. The number of ketones is 2. The SMILES string of the molecule is CC[C@H]1CCC2C3C(=O)CC4CC(=O)CC[C@]4(C)C3CCC21C. The molecule has 5 unspecified atom stereocenters. The first-order valence-electron chi connectivity index (χ1n) is 9.94. The Morgan fingerprint density at radius 3 is 2.43 bits per heavy atom. The lowest BCUT2D eigenvalue weighted by atomic mass is 9.44. The fourth-order valence-electron chi connectivity index (χ4n) is 7.50. The fraction of sp³-hybridized carbons (Fsp3) is 0.905. The van der Waals surface area contributed by atoms with Crippen molar-refractivity contribution in [2.75, 3.05) is 0 Å². The van der Waals surface area contributed by atoms with E-state index in [0.717, 1.165) is 18.8 Å². The molecule has 2 nitrogen and oxygen atoms in total. The van der Waals surface area contributed by atoms with Gasteiger partial charge in [0, 0.05) is 25.2 Å². The molecule has 0 aromatic heterocycles. The Kier molecular flexibility index (Phi) is 3.56. The van der Waals surface area contributed by atoms with Gasteiger partial charge in [0.2, 0.25) is 0 Å². The predicted molar refractivity (Wildman–Crippen MR) is 90.9 cm³/mol. The molecular formula is C21H32O2. The van der Waals surface area contributed by atoms with Gasteiger partial charge in [-0.25, -0.2) is 0 Å². The molecule has 0 N–H and O–H groups in total. The van der Waals surface area contributed by atoms with E-state index in [9.17, 15) is 9.59 Å². The van der Waals surface area contributed by atoms with Crippen LogP contribution < -0.4 is 0 Å². The minimum absolute atomic E-state index is 0.248. The molecule has 2 heteroatoms. The Morgan fingerprint density at radius 2 is 1.70 bits per heavy atom. The second-order valence-electron chi connectivity index (χ2n) is 9.58. The van der Waals surface area contributed by atoms with E-state index >= 15 is 0 Å². The maximum absolute atomic E-state index is 13.1. The van der Waals surface area contributed by atoms with Crippen molar-refractivity contribution in [2.24, 2.45) is 40.4 Å². The van der Waals surface area contributed by atoms with Crippen LogP contribution in [0.3, 0.4) is 0 Å². The third kappa shape index (κ3) is 2.05. The lowest BCUT2D eigenvalue weighted by molar-refractivity contribution is -0.158. The van der Waals surface area contributed by atoms with E-state index in [1.807, 2.05) is 0 Å². The molecule has 4 rings (SSSR count). The highest BCUT2D eigenvalue weighted by Crippen LogP contribution is 2.66. The van der Waals surface area contributed by atoms with Gasteiger partial charge in [0.25, 0.3) is 0 Å². The molecule has 0 aliphatic heterocycles. The molecule has 4 fully saturated rings. The summed E-state index contributed by atoms with van der Waals surface area (Å²) in [7, 11) is 0. The summed E-state index contributed by atoms with van der Waals surface area (Å²) in [6.45, 7) is 7.24. The van der Waals surface area contributed by atoms with Crippen LogP contribution in [-0.2, 0) is 9.59 Å². The Labute approximate surface area is 140 Å². The van der Waals surface area contributed by atoms with Gasteiger partial charge in [0.1, 0.15) is 11.6 Å². The van der Waals surface area contributed by atoms with E-state index < -0.39 is 0 Å². The van der Waals surface area contributed by atoms with E-state index in [4.69, 9.17) is 0 Å². The van der Waals surface area contributed by atoms with Gasteiger partial charge in [-0.1, -0.05) is 27.2 Å². The molecule has 0 aromatic rings. The summed E-state index contributed by atoms with van der Waals surface area (Å²) in [5, 5.41) is 0. The zero-order chi connectivity index (χ0) is 16.4. The van der Waals surface area contributed by atoms with Crippen LogP contribution in [-0.4, -0.2) is 11.6 Å². The van der Waals surface area contributed by atoms with Crippen LogP contribution in [0.2, 0.25) is 0 Å². The third-order valence-corrected chi connectivity index (χ3v) is 8.98. The van der Waals surface area contributed by atoms with Crippen LogP contribution >= 0.6 is 0 Å². The van der Waals surface area contributed by atoms with E-state index in [1.54, 1.807) is 0 Å². The van der Waals surface area contributed by atoms with E-state index in [1.165, 1.54) is 32.1 Å². The summed E-state index contributed by atoms with van der Waals surface area (Å²) in [6, 6.07) is 0. The molecule has 4 saturated carbocycles. The summed E-state index contributed by atoms with van der Waals surface area (Å²) in [4.78, 5) is 25.0. The monoisotopic (exact) mass is 316 g/mol. The van der Waals surface area contributed by atoms with Crippen LogP contribution in [0.15, 0.2) is 0 Å². The Bertz CT molecular complexity index is 538. The van der Waals surface area contributed by atoms with Crippen molar-refractivity contribution in [2.45, 2.75) is 78.6 Å². The Morgan fingerprint density at radius 1 is 0.957 bits per heavy atom. The van der Waals surface area contributed by atoms with Gasteiger partial charge >= 0.3 is 0 Å². The lowest BCUT2D eigenvalue weighted by Gasteiger charge is -2.59. The zero-order valence-electron chi connectivity index (χ0n) is 15.1. The minimum atomic E-state index is 0.248. The maximum atomic E-state index is 13.1. The molecule has 4 aliphatic rings. The highest BCUT2D eigenvalue weighted by atomic mass is 16.1. The summed E-state index contributed by atoms with van der Waals surface area (Å²) in [5.74, 6) is 3.54. The smallest absolute Gasteiger partial charge is 0.136 e. The molecular weight excluding hydrogens is 284 g/mol. The van der Waals surface area contributed by atoms with Crippen molar-refractivity contribution in [3.05, 3.63) is 0 Å². The number of carbonyl (C=O) groups excluding carboxylic acids is 2. The largest absolute Gasteiger partial charge is 0.300 e. The van der Waals surface area contributed by atoms with Gasteiger partial charge in [0.15, 0.2) is 0 Å². The standard InChI is InChI=1S/C21H32O2/c1-4-13-5-6-16-19-17(8-10-20(13,16)2)21(3)9-7-15(22)11-14(21)12-18(19)23/h13-14,16-17,19H,4-12H2,1-3H3/t13-,14?,16?,17?,19?,20?,21-/m0/s1. The van der Waals surface area contributed by atoms with E-state index in [0.29, 0.717) is 53.5 Å². The highest BCUT2D eigenvalue weighted by Gasteiger charge is 2.62. The molecule has 0 radical (unpaired) electrons. The molecule has 0 saturated heterocycles. The fourth-order valence-corrected chi connectivity index (χ4v) is 7.50. The molecule has 7 atom stereocenters. The summed E-state index contributed by atoms with van der Waals surface area (Å²) < 4.78 is 0. The van der Waals surface area contributed by atoms with Crippen molar-refractivity contribution in [1.82, 2.24) is 0 Å². The van der Waals surface area contributed by atoms with Crippen molar-refractivity contribution in [3.63, 3.8) is 0 Å². The van der Waals surface area contributed by atoms with Crippen molar-refractivity contribution >= 4 is 11.6 Å². The summed E-state index contributed by atoms with van der Waals surface area (Å²) >= 11 is 0. The van der Waals surface area contributed by atoms with Gasteiger partial charge in [-0.15, -0.1) is 0 Å². The average Bonchev–Trinajstić information content (AvgIpc) is 2.85. The number of carbonyl (C=O) groups is 2. The van der Waals surface area contributed by atoms with E-state index in [-0.39, 0.29) is 5.41 Å². The quantitative estimate of drug-likeness (QED) is 0.696. The number of hydrogen-bond donors (Lipinski definition) is 0. The molecule has 0 bridgehead atoms. The van der Waals surface area contributed by atoms with Crippen LogP contribution in [0.5, 0.6) is 0 Å². The number of Topliss-reactive ketones (excluding diaryl/α,β-unsaturated/α-hetero) is 2. The van der Waals surface area contributed by atoms with Gasteiger partial charge < -0.3 is 0 Å². The topological polar surface area (TPSA) is 34.1 Å². The second kappa shape index (κ2) is 5.17. The summed E-state index contributed by atoms with van der Waals surface area (Å²) in [5.41, 5.74) is 0.650. The van der Waals surface area contributed by atoms with E-state index in [2.05, 4.69) is 20.8 Å². The van der Waals surface area contributed by atoms with Gasteiger partial charge in [-0.3, -0.25) is 9.59 Å². The molecule has 0 aromatic carbocycles. The molecule has 128 valence electrons. The predicted octanol–water partition coefficient (Wildman–Crippen LogP) is 4.80. The molecule has 0 amide bonds. The highest BCUT2D eigenvalue weighted by molar-refractivity contribution is 5.86. The number of hydrogen-bond acceptors (Lipinski definition) is 2. The minimum Gasteiger partial charge on any atom is -0.300 e.